The van der Waals surface area contributed by atoms with Crippen LogP contribution < -0.4 is 10.1 Å². The summed E-state index contributed by atoms with van der Waals surface area (Å²) in [5, 5.41) is 1.13. The molecular formula is C8H14N2OSi. The van der Waals surface area contributed by atoms with Crippen molar-refractivity contribution in [2.75, 3.05) is 7.11 Å². The molecule has 0 saturated carbocycles. The van der Waals surface area contributed by atoms with Gasteiger partial charge in [0.15, 0.2) is 0 Å². The first-order valence-corrected chi connectivity index (χ1v) is 7.41. The topological polar surface area (TPSA) is 35.0 Å². The van der Waals surface area contributed by atoms with Crippen LogP contribution >= 0.6 is 0 Å². The molecule has 0 N–H and O–H groups in total. The van der Waals surface area contributed by atoms with Crippen LogP contribution in [-0.2, 0) is 0 Å². The number of rotatable bonds is 2. The lowest BCUT2D eigenvalue weighted by atomic mass is 10.7. The highest BCUT2D eigenvalue weighted by Gasteiger charge is 2.18. The number of hydrogen-bond acceptors (Lipinski definition) is 3. The van der Waals surface area contributed by atoms with E-state index in [2.05, 4.69) is 29.6 Å². The lowest BCUT2D eigenvalue weighted by Gasteiger charge is -2.14. The van der Waals surface area contributed by atoms with Crippen molar-refractivity contribution in [2.45, 2.75) is 19.6 Å². The van der Waals surface area contributed by atoms with E-state index in [1.54, 1.807) is 13.3 Å². The molecule has 66 valence electrons. The van der Waals surface area contributed by atoms with Gasteiger partial charge < -0.3 is 4.74 Å². The van der Waals surface area contributed by atoms with E-state index < -0.39 is 8.07 Å². The molecule has 0 saturated heterocycles. The standard InChI is InChI=1S/C8H14N2OSi/c1-11-8-9-6-5-7(10-8)12(2,3)4/h5-6H,1-4H3. The normalized spacial score (nSPS) is 11.3. The van der Waals surface area contributed by atoms with Gasteiger partial charge in [0, 0.05) is 11.5 Å². The molecule has 4 heteroatoms. The molecule has 0 aliphatic rings. The molecule has 0 aromatic carbocycles. The smallest absolute Gasteiger partial charge is 0.315 e. The summed E-state index contributed by atoms with van der Waals surface area (Å²) < 4.78 is 4.95. The van der Waals surface area contributed by atoms with Crippen LogP contribution in [0, 0.1) is 0 Å². The van der Waals surface area contributed by atoms with Gasteiger partial charge in [0.05, 0.1) is 7.11 Å². The molecule has 0 spiro atoms. The summed E-state index contributed by atoms with van der Waals surface area (Å²) in [6.07, 6.45) is 1.75. The highest BCUT2D eigenvalue weighted by Crippen LogP contribution is 2.02. The molecule has 0 fully saturated rings. The fourth-order valence-electron chi connectivity index (χ4n) is 0.857. The minimum atomic E-state index is -1.31. The van der Waals surface area contributed by atoms with Gasteiger partial charge in [-0.3, -0.25) is 0 Å². The van der Waals surface area contributed by atoms with E-state index >= 15 is 0 Å². The molecule has 0 unspecified atom stereocenters. The Balaban J connectivity index is 3.02. The number of aromatic nitrogens is 2. The maximum Gasteiger partial charge on any atom is 0.315 e. The quantitative estimate of drug-likeness (QED) is 0.641. The Morgan fingerprint density at radius 1 is 1.33 bits per heavy atom. The van der Waals surface area contributed by atoms with Crippen LogP contribution in [0.5, 0.6) is 6.01 Å². The van der Waals surface area contributed by atoms with Crippen LogP contribution in [0.1, 0.15) is 0 Å². The van der Waals surface area contributed by atoms with Crippen LogP contribution in [0.3, 0.4) is 0 Å². The second kappa shape index (κ2) is 3.22. The van der Waals surface area contributed by atoms with Gasteiger partial charge in [0.25, 0.3) is 0 Å². The summed E-state index contributed by atoms with van der Waals surface area (Å²) in [7, 11) is 0.275. The predicted octanol–water partition coefficient (Wildman–Crippen LogP) is 1.03. The van der Waals surface area contributed by atoms with Crippen molar-refractivity contribution in [2.24, 2.45) is 0 Å². The van der Waals surface area contributed by atoms with E-state index in [1.165, 1.54) is 0 Å². The highest BCUT2D eigenvalue weighted by molar-refractivity contribution is 6.88. The average Bonchev–Trinajstić information content (AvgIpc) is 2.03. The third-order valence-electron chi connectivity index (χ3n) is 1.58. The molecule has 1 aromatic rings. The van der Waals surface area contributed by atoms with E-state index in [-0.39, 0.29) is 0 Å². The first-order valence-electron chi connectivity index (χ1n) is 3.91. The van der Waals surface area contributed by atoms with E-state index in [0.717, 1.165) is 5.32 Å². The van der Waals surface area contributed by atoms with Crippen LogP contribution in [0.25, 0.3) is 0 Å². The molecule has 12 heavy (non-hydrogen) atoms. The SMILES string of the molecule is COc1nccc([Si](C)(C)C)n1. The second-order valence-corrected chi connectivity index (χ2v) is 8.69. The highest BCUT2D eigenvalue weighted by atomic mass is 28.3. The Labute approximate surface area is 73.8 Å². The van der Waals surface area contributed by atoms with Crippen LogP contribution in [-0.4, -0.2) is 25.2 Å². The summed E-state index contributed by atoms with van der Waals surface area (Å²) >= 11 is 0. The van der Waals surface area contributed by atoms with Crippen molar-refractivity contribution in [3.63, 3.8) is 0 Å². The van der Waals surface area contributed by atoms with Crippen molar-refractivity contribution < 1.29 is 4.74 Å². The summed E-state index contributed by atoms with van der Waals surface area (Å²) in [6, 6.07) is 2.43. The fraction of sp³-hybridized carbons (Fsp3) is 0.500. The fourth-order valence-corrected chi connectivity index (χ4v) is 1.86. The first kappa shape index (κ1) is 9.19. The maximum atomic E-state index is 4.95. The largest absolute Gasteiger partial charge is 0.467 e. The van der Waals surface area contributed by atoms with E-state index in [0.29, 0.717) is 6.01 Å². The van der Waals surface area contributed by atoms with Crippen molar-refractivity contribution in [1.82, 2.24) is 9.97 Å². The van der Waals surface area contributed by atoms with Crippen molar-refractivity contribution in [3.8, 4) is 6.01 Å². The lowest BCUT2D eigenvalue weighted by Crippen LogP contribution is -2.40. The van der Waals surface area contributed by atoms with Crippen molar-refractivity contribution in [3.05, 3.63) is 12.3 Å². The predicted molar refractivity (Wildman–Crippen MR) is 51.6 cm³/mol. The molecule has 1 aromatic heterocycles. The van der Waals surface area contributed by atoms with Crippen LogP contribution in [0.4, 0.5) is 0 Å². The van der Waals surface area contributed by atoms with Crippen molar-refractivity contribution in [1.29, 1.82) is 0 Å². The van der Waals surface area contributed by atoms with E-state index in [4.69, 9.17) is 4.74 Å². The monoisotopic (exact) mass is 182 g/mol. The van der Waals surface area contributed by atoms with E-state index in [9.17, 15) is 0 Å². The third-order valence-corrected chi connectivity index (χ3v) is 3.40. The van der Waals surface area contributed by atoms with Crippen LogP contribution in [0.15, 0.2) is 12.3 Å². The molecule has 0 aliphatic carbocycles. The molecule has 0 aliphatic heterocycles. The molecule has 0 bridgehead atoms. The summed E-state index contributed by atoms with van der Waals surface area (Å²) in [6.45, 7) is 6.73. The van der Waals surface area contributed by atoms with Gasteiger partial charge in [0.1, 0.15) is 8.07 Å². The minimum absolute atomic E-state index is 0.468. The summed E-state index contributed by atoms with van der Waals surface area (Å²) in [5.74, 6) is 0. The molecule has 0 radical (unpaired) electrons. The molecular weight excluding hydrogens is 168 g/mol. The Hall–Kier alpha value is -0.903. The molecule has 3 nitrogen and oxygen atoms in total. The maximum absolute atomic E-state index is 4.95. The Bertz CT molecular complexity index is 270. The molecule has 0 amide bonds. The molecule has 1 heterocycles. The van der Waals surface area contributed by atoms with Gasteiger partial charge in [0.2, 0.25) is 0 Å². The van der Waals surface area contributed by atoms with Gasteiger partial charge in [-0.1, -0.05) is 19.6 Å². The number of methoxy groups -OCH3 is 1. The number of hydrogen-bond donors (Lipinski definition) is 0. The van der Waals surface area contributed by atoms with Gasteiger partial charge in [-0.25, -0.2) is 9.97 Å². The zero-order valence-corrected chi connectivity index (χ0v) is 8.96. The van der Waals surface area contributed by atoms with E-state index in [1.807, 2.05) is 6.07 Å². The Morgan fingerprint density at radius 2 is 2.00 bits per heavy atom. The number of ether oxygens (including phenoxy) is 1. The Morgan fingerprint density at radius 3 is 2.50 bits per heavy atom. The summed E-state index contributed by atoms with van der Waals surface area (Å²) in [5.41, 5.74) is 0. The zero-order chi connectivity index (χ0) is 9.19. The third kappa shape index (κ3) is 2.04. The van der Waals surface area contributed by atoms with Crippen LogP contribution in [0.2, 0.25) is 19.6 Å². The average molecular weight is 182 g/mol. The Kier molecular flexibility index (Phi) is 2.47. The molecule has 0 atom stereocenters. The minimum Gasteiger partial charge on any atom is -0.467 e. The van der Waals surface area contributed by atoms with Gasteiger partial charge in [-0.05, 0) is 6.07 Å². The van der Waals surface area contributed by atoms with Crippen molar-refractivity contribution >= 4 is 13.4 Å². The lowest BCUT2D eigenvalue weighted by molar-refractivity contribution is 0.381. The first-order chi connectivity index (χ1) is 5.54. The second-order valence-electron chi connectivity index (χ2n) is 3.68. The van der Waals surface area contributed by atoms with Gasteiger partial charge in [-0.2, -0.15) is 0 Å². The zero-order valence-electron chi connectivity index (χ0n) is 7.96. The number of nitrogens with zero attached hydrogens (tertiary/aromatic N) is 2. The van der Waals surface area contributed by atoms with Gasteiger partial charge >= 0.3 is 6.01 Å². The van der Waals surface area contributed by atoms with Gasteiger partial charge in [-0.15, -0.1) is 0 Å². The summed E-state index contributed by atoms with van der Waals surface area (Å²) in [4.78, 5) is 8.25. The molecule has 1 rings (SSSR count).